The summed E-state index contributed by atoms with van der Waals surface area (Å²) in [7, 11) is 0. The maximum Gasteiger partial charge on any atom is 0.275 e. The molecular formula is C15H10F2N2O4. The Kier molecular flexibility index (Phi) is 3.80. The summed E-state index contributed by atoms with van der Waals surface area (Å²) in [6.45, 7) is 0.0592. The van der Waals surface area contributed by atoms with Gasteiger partial charge in [-0.3, -0.25) is 20.4 Å². The number of carbonyl (C=O) groups is 2. The lowest BCUT2D eigenvalue weighted by Gasteiger charge is -2.09. The summed E-state index contributed by atoms with van der Waals surface area (Å²) in [4.78, 5) is 23.7. The van der Waals surface area contributed by atoms with Crippen LogP contribution in [0, 0.1) is 11.6 Å². The molecule has 1 heterocycles. The van der Waals surface area contributed by atoms with Crippen molar-refractivity contribution in [3.05, 3.63) is 59.2 Å². The molecule has 2 aromatic rings. The van der Waals surface area contributed by atoms with Gasteiger partial charge >= 0.3 is 0 Å². The summed E-state index contributed by atoms with van der Waals surface area (Å²) in [6.07, 6.45) is 0. The lowest BCUT2D eigenvalue weighted by molar-refractivity contribution is 0.0841. The molecule has 0 aliphatic carbocycles. The maximum atomic E-state index is 13.5. The largest absolute Gasteiger partial charge is 0.454 e. The van der Waals surface area contributed by atoms with E-state index in [1.807, 2.05) is 5.43 Å². The van der Waals surface area contributed by atoms with Crippen LogP contribution in [0.25, 0.3) is 0 Å². The van der Waals surface area contributed by atoms with Crippen molar-refractivity contribution in [3.63, 3.8) is 0 Å². The summed E-state index contributed by atoms with van der Waals surface area (Å²) in [5.41, 5.74) is 3.44. The summed E-state index contributed by atoms with van der Waals surface area (Å²) in [5, 5.41) is 0. The lowest BCUT2D eigenvalue weighted by atomic mass is 10.2. The minimum absolute atomic E-state index is 0.0592. The number of amides is 2. The fourth-order valence-electron chi connectivity index (χ4n) is 2.00. The molecule has 0 aromatic heterocycles. The molecule has 0 unspecified atom stereocenters. The second-order valence-corrected chi connectivity index (χ2v) is 4.57. The standard InChI is InChI=1S/C15H10F2N2O4/c16-9-2-1-3-10(17)13(9)15(21)19-18-14(20)8-4-5-11-12(6-8)23-7-22-11/h1-6H,7H2,(H,18,20)(H,19,21). The van der Waals surface area contributed by atoms with Crippen LogP contribution in [0.4, 0.5) is 8.78 Å². The number of ether oxygens (including phenoxy) is 2. The van der Waals surface area contributed by atoms with Crippen LogP contribution in [0.2, 0.25) is 0 Å². The zero-order valence-corrected chi connectivity index (χ0v) is 11.6. The van der Waals surface area contributed by atoms with Crippen molar-refractivity contribution in [1.29, 1.82) is 0 Å². The first-order valence-corrected chi connectivity index (χ1v) is 6.50. The number of hydrogen-bond acceptors (Lipinski definition) is 4. The van der Waals surface area contributed by atoms with Gasteiger partial charge in [-0.2, -0.15) is 0 Å². The molecular weight excluding hydrogens is 310 g/mol. The number of rotatable bonds is 2. The van der Waals surface area contributed by atoms with Gasteiger partial charge in [-0.25, -0.2) is 8.78 Å². The molecule has 0 spiro atoms. The minimum atomic E-state index is -1.10. The summed E-state index contributed by atoms with van der Waals surface area (Å²) in [6, 6.07) is 7.43. The Morgan fingerprint density at radius 1 is 0.913 bits per heavy atom. The second kappa shape index (κ2) is 5.91. The molecule has 2 amide bonds. The third-order valence-electron chi connectivity index (χ3n) is 3.11. The highest BCUT2D eigenvalue weighted by molar-refractivity contribution is 5.99. The number of benzene rings is 2. The van der Waals surface area contributed by atoms with Crippen molar-refractivity contribution in [2.24, 2.45) is 0 Å². The Balaban J connectivity index is 1.68. The van der Waals surface area contributed by atoms with Crippen LogP contribution in [0.15, 0.2) is 36.4 Å². The zero-order chi connectivity index (χ0) is 16.4. The summed E-state index contributed by atoms with van der Waals surface area (Å²) < 4.78 is 37.1. The molecule has 23 heavy (non-hydrogen) atoms. The van der Waals surface area contributed by atoms with E-state index in [1.54, 1.807) is 0 Å². The SMILES string of the molecule is O=C(NNC(=O)c1c(F)cccc1F)c1ccc2c(c1)OCO2. The van der Waals surface area contributed by atoms with Crippen LogP contribution in [0.3, 0.4) is 0 Å². The van der Waals surface area contributed by atoms with Crippen LogP contribution in [0.5, 0.6) is 11.5 Å². The number of hydrogen-bond donors (Lipinski definition) is 2. The lowest BCUT2D eigenvalue weighted by Crippen LogP contribution is -2.42. The van der Waals surface area contributed by atoms with Crippen molar-refractivity contribution in [2.75, 3.05) is 6.79 Å². The summed E-state index contributed by atoms with van der Waals surface area (Å²) in [5.74, 6) is -2.94. The molecule has 2 aromatic carbocycles. The molecule has 0 saturated carbocycles. The highest BCUT2D eigenvalue weighted by atomic mass is 19.1. The number of halogens is 2. The van der Waals surface area contributed by atoms with Gasteiger partial charge < -0.3 is 9.47 Å². The van der Waals surface area contributed by atoms with Crippen molar-refractivity contribution >= 4 is 11.8 Å². The highest BCUT2D eigenvalue weighted by Gasteiger charge is 2.19. The molecule has 0 fully saturated rings. The van der Waals surface area contributed by atoms with Crippen LogP contribution >= 0.6 is 0 Å². The van der Waals surface area contributed by atoms with Crippen LogP contribution < -0.4 is 20.3 Å². The first-order valence-electron chi connectivity index (χ1n) is 6.50. The van der Waals surface area contributed by atoms with Gasteiger partial charge in [0, 0.05) is 5.56 Å². The molecule has 0 atom stereocenters. The average Bonchev–Trinajstić information content (AvgIpc) is 3.00. The predicted molar refractivity (Wildman–Crippen MR) is 73.9 cm³/mol. The van der Waals surface area contributed by atoms with E-state index in [4.69, 9.17) is 9.47 Å². The van der Waals surface area contributed by atoms with Crippen LogP contribution in [-0.4, -0.2) is 18.6 Å². The van der Waals surface area contributed by atoms with E-state index < -0.39 is 29.0 Å². The Morgan fingerprint density at radius 3 is 2.30 bits per heavy atom. The number of fused-ring (bicyclic) bond motifs is 1. The molecule has 118 valence electrons. The van der Waals surface area contributed by atoms with Gasteiger partial charge in [0.05, 0.1) is 0 Å². The third-order valence-corrected chi connectivity index (χ3v) is 3.11. The smallest absolute Gasteiger partial charge is 0.275 e. The number of hydrazine groups is 1. The van der Waals surface area contributed by atoms with E-state index >= 15 is 0 Å². The van der Waals surface area contributed by atoms with Crippen LogP contribution in [0.1, 0.15) is 20.7 Å². The Bertz CT molecular complexity index is 775. The van der Waals surface area contributed by atoms with Crippen molar-refractivity contribution in [2.45, 2.75) is 0 Å². The molecule has 3 rings (SSSR count). The monoisotopic (exact) mass is 320 g/mol. The summed E-state index contributed by atoms with van der Waals surface area (Å²) >= 11 is 0. The topological polar surface area (TPSA) is 76.7 Å². The van der Waals surface area contributed by atoms with Gasteiger partial charge in [0.1, 0.15) is 17.2 Å². The minimum Gasteiger partial charge on any atom is -0.454 e. The van der Waals surface area contributed by atoms with Crippen molar-refractivity contribution in [1.82, 2.24) is 10.9 Å². The number of carbonyl (C=O) groups excluding carboxylic acids is 2. The maximum absolute atomic E-state index is 13.5. The Morgan fingerprint density at radius 2 is 1.57 bits per heavy atom. The molecule has 0 radical (unpaired) electrons. The number of nitrogens with one attached hydrogen (secondary N) is 2. The fourth-order valence-corrected chi connectivity index (χ4v) is 2.00. The van der Waals surface area contributed by atoms with Gasteiger partial charge in [-0.15, -0.1) is 0 Å². The van der Waals surface area contributed by atoms with Crippen molar-refractivity contribution < 1.29 is 27.8 Å². The molecule has 0 saturated heterocycles. The average molecular weight is 320 g/mol. The first kappa shape index (κ1) is 14.8. The van der Waals surface area contributed by atoms with Gasteiger partial charge in [0.25, 0.3) is 11.8 Å². The fraction of sp³-hybridized carbons (Fsp3) is 0.0667. The normalized spacial score (nSPS) is 11.9. The molecule has 0 bridgehead atoms. The predicted octanol–water partition coefficient (Wildman–Crippen LogP) is 1.77. The van der Waals surface area contributed by atoms with Crippen molar-refractivity contribution in [3.8, 4) is 11.5 Å². The van der Waals surface area contributed by atoms with Gasteiger partial charge in [0.2, 0.25) is 6.79 Å². The molecule has 2 N–H and O–H groups in total. The van der Waals surface area contributed by atoms with E-state index in [-0.39, 0.29) is 12.4 Å². The second-order valence-electron chi connectivity index (χ2n) is 4.57. The van der Waals surface area contributed by atoms with E-state index in [2.05, 4.69) is 5.43 Å². The van der Waals surface area contributed by atoms with E-state index in [0.29, 0.717) is 11.5 Å². The quantitative estimate of drug-likeness (QED) is 0.827. The zero-order valence-electron chi connectivity index (χ0n) is 11.6. The van der Waals surface area contributed by atoms with Gasteiger partial charge in [0.15, 0.2) is 11.5 Å². The first-order chi connectivity index (χ1) is 11.1. The molecule has 6 nitrogen and oxygen atoms in total. The van der Waals surface area contributed by atoms with E-state index in [1.165, 1.54) is 18.2 Å². The molecule has 8 heteroatoms. The molecule has 1 aliphatic rings. The Hall–Kier alpha value is -3.16. The van der Waals surface area contributed by atoms with Gasteiger partial charge in [-0.05, 0) is 30.3 Å². The molecule has 1 aliphatic heterocycles. The van der Waals surface area contributed by atoms with Gasteiger partial charge in [-0.1, -0.05) is 6.07 Å². The third kappa shape index (κ3) is 2.91. The Labute approximate surface area is 129 Å². The van der Waals surface area contributed by atoms with E-state index in [9.17, 15) is 18.4 Å². The highest BCUT2D eigenvalue weighted by Crippen LogP contribution is 2.32. The van der Waals surface area contributed by atoms with Crippen LogP contribution in [-0.2, 0) is 0 Å². The van der Waals surface area contributed by atoms with E-state index in [0.717, 1.165) is 18.2 Å².